The van der Waals surface area contributed by atoms with Gasteiger partial charge >= 0.3 is 0 Å². The lowest BCUT2D eigenvalue weighted by molar-refractivity contribution is 0.0708. The monoisotopic (exact) mass is 409 g/mol. The van der Waals surface area contributed by atoms with E-state index in [1.165, 1.54) is 0 Å². The van der Waals surface area contributed by atoms with Crippen LogP contribution in [-0.4, -0.2) is 43.8 Å². The number of carbonyl (C=O) groups is 1. The highest BCUT2D eigenvalue weighted by Crippen LogP contribution is 2.33. The number of likely N-dealkylation sites (tertiary alicyclic amines) is 1. The number of fused-ring (bicyclic) bond motifs is 1. The highest BCUT2D eigenvalue weighted by atomic mass is 16.2. The van der Waals surface area contributed by atoms with E-state index < -0.39 is 0 Å². The molecule has 4 heterocycles. The minimum absolute atomic E-state index is 0.0326. The van der Waals surface area contributed by atoms with Crippen LogP contribution in [-0.2, 0) is 0 Å². The summed E-state index contributed by atoms with van der Waals surface area (Å²) in [5, 5.41) is 0.980. The summed E-state index contributed by atoms with van der Waals surface area (Å²) in [6.45, 7) is 3.29. The molecule has 0 bridgehead atoms. The number of amides is 1. The van der Waals surface area contributed by atoms with E-state index in [0.29, 0.717) is 12.1 Å². The Kier molecular flexibility index (Phi) is 5.12. The predicted molar refractivity (Wildman–Crippen MR) is 120 cm³/mol. The molecular weight excluding hydrogens is 386 g/mol. The summed E-state index contributed by atoms with van der Waals surface area (Å²) in [7, 11) is 0. The number of piperidine rings is 1. The van der Waals surface area contributed by atoms with Crippen molar-refractivity contribution in [3.63, 3.8) is 0 Å². The minimum Gasteiger partial charge on any atom is -0.338 e. The van der Waals surface area contributed by atoms with Gasteiger partial charge in [-0.25, -0.2) is 9.97 Å². The van der Waals surface area contributed by atoms with Gasteiger partial charge in [-0.1, -0.05) is 18.2 Å². The molecule has 6 heteroatoms. The Bertz CT molecular complexity index is 1240. The lowest BCUT2D eigenvalue weighted by Gasteiger charge is -2.33. The predicted octanol–water partition coefficient (Wildman–Crippen LogP) is 4.42. The third-order valence-corrected chi connectivity index (χ3v) is 5.89. The molecule has 1 saturated heterocycles. The van der Waals surface area contributed by atoms with Crippen LogP contribution in [0.3, 0.4) is 0 Å². The van der Waals surface area contributed by atoms with Crippen LogP contribution in [0.2, 0.25) is 0 Å². The summed E-state index contributed by atoms with van der Waals surface area (Å²) in [6, 6.07) is 13.6. The normalized spacial score (nSPS) is 16.4. The first kappa shape index (κ1) is 19.3. The molecule has 1 fully saturated rings. The molecule has 0 radical (unpaired) electrons. The Morgan fingerprint density at radius 2 is 1.87 bits per heavy atom. The van der Waals surface area contributed by atoms with Gasteiger partial charge in [0, 0.05) is 54.7 Å². The number of hydrogen-bond donors (Lipinski definition) is 0. The topological polar surface area (TPSA) is 71.9 Å². The van der Waals surface area contributed by atoms with Crippen LogP contribution in [0, 0.1) is 6.92 Å². The molecule has 1 atom stereocenters. The average Bonchev–Trinajstić information content (AvgIpc) is 2.84. The average molecular weight is 409 g/mol. The number of pyridine rings is 2. The van der Waals surface area contributed by atoms with Crippen LogP contribution in [0.15, 0.2) is 67.3 Å². The first-order valence-corrected chi connectivity index (χ1v) is 10.6. The molecule has 3 aromatic heterocycles. The van der Waals surface area contributed by atoms with Gasteiger partial charge in [0.1, 0.15) is 5.82 Å². The number of rotatable bonds is 3. The molecule has 0 aliphatic carbocycles. The van der Waals surface area contributed by atoms with Crippen LogP contribution >= 0.6 is 0 Å². The second-order valence-electron chi connectivity index (χ2n) is 7.92. The third kappa shape index (κ3) is 3.77. The van der Waals surface area contributed by atoms with Gasteiger partial charge in [0.25, 0.3) is 5.91 Å². The first-order valence-electron chi connectivity index (χ1n) is 10.6. The maximum atomic E-state index is 13.5. The number of hydrogen-bond acceptors (Lipinski definition) is 5. The van der Waals surface area contributed by atoms with Crippen LogP contribution in [0.25, 0.3) is 22.0 Å². The number of aromatic nitrogens is 4. The summed E-state index contributed by atoms with van der Waals surface area (Å²) in [6.07, 6.45) is 9.12. The first-order chi connectivity index (χ1) is 15.2. The number of aryl methyl sites for hydroxylation is 1. The second-order valence-corrected chi connectivity index (χ2v) is 7.92. The zero-order chi connectivity index (χ0) is 21.2. The lowest BCUT2D eigenvalue weighted by atomic mass is 9.89. The molecule has 6 nitrogen and oxygen atoms in total. The van der Waals surface area contributed by atoms with E-state index in [0.717, 1.165) is 52.9 Å². The molecule has 154 valence electrons. The van der Waals surface area contributed by atoms with Crippen molar-refractivity contribution < 1.29 is 4.79 Å². The van der Waals surface area contributed by atoms with Gasteiger partial charge in [-0.15, -0.1) is 0 Å². The van der Waals surface area contributed by atoms with Crippen molar-refractivity contribution in [2.45, 2.75) is 25.7 Å². The van der Waals surface area contributed by atoms with E-state index in [1.54, 1.807) is 18.6 Å². The highest BCUT2D eigenvalue weighted by molar-refractivity contribution is 6.05. The van der Waals surface area contributed by atoms with Crippen molar-refractivity contribution in [1.29, 1.82) is 0 Å². The van der Waals surface area contributed by atoms with Gasteiger partial charge in [-0.3, -0.25) is 14.8 Å². The lowest BCUT2D eigenvalue weighted by Crippen LogP contribution is -2.39. The second kappa shape index (κ2) is 8.22. The molecule has 0 saturated carbocycles. The van der Waals surface area contributed by atoms with Crippen molar-refractivity contribution in [2.75, 3.05) is 13.1 Å². The number of para-hydroxylation sites is 1. The van der Waals surface area contributed by atoms with E-state index in [4.69, 9.17) is 4.98 Å². The van der Waals surface area contributed by atoms with Crippen LogP contribution in [0.4, 0.5) is 0 Å². The van der Waals surface area contributed by atoms with Crippen molar-refractivity contribution in [1.82, 2.24) is 24.8 Å². The molecule has 4 aromatic rings. The smallest absolute Gasteiger partial charge is 0.256 e. The van der Waals surface area contributed by atoms with Gasteiger partial charge in [-0.2, -0.15) is 0 Å². The van der Waals surface area contributed by atoms with Gasteiger partial charge in [0.2, 0.25) is 0 Å². The molecule has 0 spiro atoms. The summed E-state index contributed by atoms with van der Waals surface area (Å²) in [5.41, 5.74) is 4.48. The fraction of sp³-hybridized carbons (Fsp3) is 0.240. The fourth-order valence-corrected chi connectivity index (χ4v) is 4.38. The fourth-order valence-electron chi connectivity index (χ4n) is 4.38. The van der Waals surface area contributed by atoms with Gasteiger partial charge < -0.3 is 4.90 Å². The standard InChI is InChI=1S/C25H23N5O/c1-17-28-15-22(18-9-12-26-13-10-18)24(29-17)20-7-4-14-30(16-20)25(31)21-8-2-5-19-6-3-11-27-23(19)21/h2-3,5-6,8-13,15,20H,4,7,14,16H2,1H3/t20-/m1/s1. The Labute approximate surface area is 181 Å². The van der Waals surface area contributed by atoms with E-state index in [9.17, 15) is 4.79 Å². The number of carbonyl (C=O) groups excluding carboxylic acids is 1. The molecule has 5 rings (SSSR count). The summed E-state index contributed by atoms with van der Waals surface area (Å²) >= 11 is 0. The van der Waals surface area contributed by atoms with Crippen molar-refractivity contribution in [3.05, 3.63) is 84.3 Å². The zero-order valence-electron chi connectivity index (χ0n) is 17.4. The quantitative estimate of drug-likeness (QED) is 0.501. The number of nitrogens with zero attached hydrogens (tertiary/aromatic N) is 5. The molecule has 1 aliphatic heterocycles. The zero-order valence-corrected chi connectivity index (χ0v) is 17.4. The molecule has 1 aliphatic rings. The van der Waals surface area contributed by atoms with E-state index in [2.05, 4.69) is 15.0 Å². The third-order valence-electron chi connectivity index (χ3n) is 5.89. The van der Waals surface area contributed by atoms with E-state index >= 15 is 0 Å². The van der Waals surface area contributed by atoms with Gasteiger partial charge in [-0.05, 0) is 49.6 Å². The summed E-state index contributed by atoms with van der Waals surface area (Å²) in [5.74, 6) is 0.935. The molecule has 1 aromatic carbocycles. The van der Waals surface area contributed by atoms with Crippen LogP contribution in [0.5, 0.6) is 0 Å². The van der Waals surface area contributed by atoms with Crippen LogP contribution < -0.4 is 0 Å². The molecular formula is C25H23N5O. The Balaban J connectivity index is 1.48. The minimum atomic E-state index is 0.0326. The SMILES string of the molecule is Cc1ncc(-c2ccncc2)c([C@@H]2CCCN(C(=O)c3cccc4cccnc34)C2)n1. The molecule has 0 N–H and O–H groups in total. The Morgan fingerprint density at radius 1 is 1.03 bits per heavy atom. The van der Waals surface area contributed by atoms with Crippen molar-refractivity contribution in [2.24, 2.45) is 0 Å². The molecule has 1 amide bonds. The molecule has 31 heavy (non-hydrogen) atoms. The van der Waals surface area contributed by atoms with Crippen molar-refractivity contribution >= 4 is 16.8 Å². The van der Waals surface area contributed by atoms with E-state index in [1.807, 2.05) is 60.5 Å². The summed E-state index contributed by atoms with van der Waals surface area (Å²) in [4.78, 5) is 33.2. The molecule has 0 unspecified atom stereocenters. The van der Waals surface area contributed by atoms with Gasteiger partial charge in [0.05, 0.1) is 16.8 Å². The van der Waals surface area contributed by atoms with Crippen molar-refractivity contribution in [3.8, 4) is 11.1 Å². The highest BCUT2D eigenvalue weighted by Gasteiger charge is 2.29. The maximum absolute atomic E-state index is 13.5. The number of benzene rings is 1. The largest absolute Gasteiger partial charge is 0.338 e. The maximum Gasteiger partial charge on any atom is 0.256 e. The van der Waals surface area contributed by atoms with Crippen LogP contribution in [0.1, 0.15) is 40.6 Å². The Hall–Kier alpha value is -3.67. The summed E-state index contributed by atoms with van der Waals surface area (Å²) < 4.78 is 0. The van der Waals surface area contributed by atoms with E-state index in [-0.39, 0.29) is 11.8 Å². The van der Waals surface area contributed by atoms with Gasteiger partial charge in [0.15, 0.2) is 0 Å². The Morgan fingerprint density at radius 3 is 2.74 bits per heavy atom.